The van der Waals surface area contributed by atoms with Gasteiger partial charge >= 0.3 is 0 Å². The van der Waals surface area contributed by atoms with E-state index in [0.717, 1.165) is 24.1 Å². The van der Waals surface area contributed by atoms with Gasteiger partial charge in [0.05, 0.1) is 17.9 Å². The Kier molecular flexibility index (Phi) is 5.36. The zero-order valence-electron chi connectivity index (χ0n) is 12.8. The SMILES string of the molecule is CCc1nnc(OCC2CCCC2)c(C(N)=NO)c1CC. The summed E-state index contributed by atoms with van der Waals surface area (Å²) in [4.78, 5) is 0. The molecule has 1 fully saturated rings. The lowest BCUT2D eigenvalue weighted by atomic mass is 10.0. The van der Waals surface area contributed by atoms with Crippen molar-refractivity contribution in [2.75, 3.05) is 6.61 Å². The van der Waals surface area contributed by atoms with Crippen LogP contribution in [0.5, 0.6) is 5.88 Å². The Labute approximate surface area is 125 Å². The molecule has 1 aliphatic carbocycles. The summed E-state index contributed by atoms with van der Waals surface area (Å²) in [5.41, 5.74) is 8.24. The van der Waals surface area contributed by atoms with E-state index in [1.165, 1.54) is 25.7 Å². The molecular weight excluding hydrogens is 268 g/mol. The van der Waals surface area contributed by atoms with E-state index in [1.807, 2.05) is 13.8 Å². The first-order chi connectivity index (χ1) is 10.2. The van der Waals surface area contributed by atoms with Crippen molar-refractivity contribution in [3.05, 3.63) is 16.8 Å². The Morgan fingerprint density at radius 1 is 1.29 bits per heavy atom. The minimum Gasteiger partial charge on any atom is -0.476 e. The van der Waals surface area contributed by atoms with Gasteiger partial charge < -0.3 is 15.7 Å². The van der Waals surface area contributed by atoms with Gasteiger partial charge in [-0.15, -0.1) is 5.10 Å². The second kappa shape index (κ2) is 7.24. The molecule has 6 heteroatoms. The van der Waals surface area contributed by atoms with Crippen molar-refractivity contribution in [2.24, 2.45) is 16.8 Å². The van der Waals surface area contributed by atoms with Gasteiger partial charge in [-0.05, 0) is 37.2 Å². The van der Waals surface area contributed by atoms with Gasteiger partial charge in [0.2, 0.25) is 5.88 Å². The van der Waals surface area contributed by atoms with E-state index in [2.05, 4.69) is 15.4 Å². The van der Waals surface area contributed by atoms with E-state index in [-0.39, 0.29) is 5.84 Å². The third-order valence-electron chi connectivity index (χ3n) is 4.11. The number of oxime groups is 1. The molecule has 116 valence electrons. The fourth-order valence-electron chi connectivity index (χ4n) is 2.94. The number of nitrogens with zero attached hydrogens (tertiary/aromatic N) is 3. The highest BCUT2D eigenvalue weighted by molar-refractivity contribution is 6.00. The molecule has 0 amide bonds. The third kappa shape index (κ3) is 3.43. The highest BCUT2D eigenvalue weighted by Gasteiger charge is 2.21. The molecule has 6 nitrogen and oxygen atoms in total. The first-order valence-electron chi connectivity index (χ1n) is 7.70. The molecule has 3 N–H and O–H groups in total. The lowest BCUT2D eigenvalue weighted by Crippen LogP contribution is -2.21. The Hall–Kier alpha value is -1.85. The minimum atomic E-state index is 0.0397. The van der Waals surface area contributed by atoms with Crippen molar-refractivity contribution in [1.29, 1.82) is 0 Å². The number of hydrogen-bond donors (Lipinski definition) is 2. The molecule has 0 spiro atoms. The van der Waals surface area contributed by atoms with Crippen LogP contribution in [0, 0.1) is 5.92 Å². The van der Waals surface area contributed by atoms with Gasteiger partial charge in [0.25, 0.3) is 0 Å². The van der Waals surface area contributed by atoms with Gasteiger partial charge in [-0.3, -0.25) is 0 Å². The molecule has 0 saturated heterocycles. The van der Waals surface area contributed by atoms with Gasteiger partial charge in [0.15, 0.2) is 5.84 Å². The normalized spacial score (nSPS) is 16.4. The van der Waals surface area contributed by atoms with Crippen LogP contribution >= 0.6 is 0 Å². The summed E-state index contributed by atoms with van der Waals surface area (Å²) >= 11 is 0. The summed E-state index contributed by atoms with van der Waals surface area (Å²) in [5.74, 6) is 0.993. The lowest BCUT2D eigenvalue weighted by Gasteiger charge is -2.16. The lowest BCUT2D eigenvalue weighted by molar-refractivity contribution is 0.240. The summed E-state index contributed by atoms with van der Waals surface area (Å²) in [5, 5.41) is 20.5. The van der Waals surface area contributed by atoms with Crippen LogP contribution in [0.15, 0.2) is 5.16 Å². The monoisotopic (exact) mass is 292 g/mol. The Bertz CT molecular complexity index is 511. The summed E-state index contributed by atoms with van der Waals surface area (Å²) in [7, 11) is 0. The van der Waals surface area contributed by atoms with Crippen molar-refractivity contribution >= 4 is 5.84 Å². The van der Waals surface area contributed by atoms with Crippen LogP contribution in [0.4, 0.5) is 0 Å². The summed E-state index contributed by atoms with van der Waals surface area (Å²) < 4.78 is 5.84. The second-order valence-corrected chi connectivity index (χ2v) is 5.46. The molecule has 0 aromatic carbocycles. The average molecular weight is 292 g/mol. The Balaban J connectivity index is 2.30. The highest BCUT2D eigenvalue weighted by Crippen LogP contribution is 2.27. The molecule has 0 atom stereocenters. The van der Waals surface area contributed by atoms with E-state index in [9.17, 15) is 0 Å². The molecule has 1 heterocycles. The maximum atomic E-state index is 9.04. The molecule has 1 aromatic rings. The summed E-state index contributed by atoms with van der Waals surface area (Å²) in [6.07, 6.45) is 6.42. The molecule has 0 unspecified atom stereocenters. The zero-order chi connectivity index (χ0) is 15.2. The molecule has 1 aromatic heterocycles. The molecule has 0 aliphatic heterocycles. The van der Waals surface area contributed by atoms with Gasteiger partial charge in [-0.1, -0.05) is 31.8 Å². The molecule has 1 aliphatic rings. The summed E-state index contributed by atoms with van der Waals surface area (Å²) in [6, 6.07) is 0. The Morgan fingerprint density at radius 3 is 2.57 bits per heavy atom. The molecule has 0 bridgehead atoms. The second-order valence-electron chi connectivity index (χ2n) is 5.46. The van der Waals surface area contributed by atoms with Crippen LogP contribution in [0.1, 0.15) is 56.4 Å². The fraction of sp³-hybridized carbons (Fsp3) is 0.667. The topological polar surface area (TPSA) is 93.6 Å². The van der Waals surface area contributed by atoms with Crippen molar-refractivity contribution < 1.29 is 9.94 Å². The van der Waals surface area contributed by atoms with E-state index >= 15 is 0 Å². The van der Waals surface area contributed by atoms with E-state index in [1.54, 1.807) is 0 Å². The predicted molar refractivity (Wildman–Crippen MR) is 80.8 cm³/mol. The predicted octanol–water partition coefficient (Wildman–Crippen LogP) is 2.26. The molecule has 0 radical (unpaired) electrons. The first-order valence-corrected chi connectivity index (χ1v) is 7.70. The standard InChI is InChI=1S/C15H24N4O2/c1-3-11-12(4-2)17-18-15(13(11)14(16)19-20)21-9-10-7-5-6-8-10/h10,20H,3-9H2,1-2H3,(H2,16,19). The highest BCUT2D eigenvalue weighted by atomic mass is 16.5. The van der Waals surface area contributed by atoms with Crippen molar-refractivity contribution in [3.8, 4) is 5.88 Å². The smallest absolute Gasteiger partial charge is 0.244 e. The number of nitrogens with two attached hydrogens (primary N) is 1. The number of aryl methyl sites for hydroxylation is 1. The van der Waals surface area contributed by atoms with Gasteiger partial charge in [0.1, 0.15) is 0 Å². The van der Waals surface area contributed by atoms with Gasteiger partial charge in [-0.25, -0.2) is 0 Å². The minimum absolute atomic E-state index is 0.0397. The Morgan fingerprint density at radius 2 is 2.00 bits per heavy atom. The maximum Gasteiger partial charge on any atom is 0.244 e. The number of aromatic nitrogens is 2. The van der Waals surface area contributed by atoms with E-state index in [4.69, 9.17) is 15.7 Å². The number of amidine groups is 1. The van der Waals surface area contributed by atoms with Crippen molar-refractivity contribution in [1.82, 2.24) is 10.2 Å². The molecule has 1 saturated carbocycles. The summed E-state index contributed by atoms with van der Waals surface area (Å²) in [6.45, 7) is 4.65. The van der Waals surface area contributed by atoms with Crippen LogP contribution in [0.3, 0.4) is 0 Å². The van der Waals surface area contributed by atoms with Crippen LogP contribution < -0.4 is 10.5 Å². The van der Waals surface area contributed by atoms with Gasteiger partial charge in [-0.2, -0.15) is 5.10 Å². The van der Waals surface area contributed by atoms with Crippen LogP contribution in [0.25, 0.3) is 0 Å². The molecular formula is C15H24N4O2. The quantitative estimate of drug-likeness (QED) is 0.363. The van der Waals surface area contributed by atoms with Crippen LogP contribution in [-0.2, 0) is 12.8 Å². The van der Waals surface area contributed by atoms with Crippen LogP contribution in [0.2, 0.25) is 0 Å². The van der Waals surface area contributed by atoms with Gasteiger partial charge in [0, 0.05) is 0 Å². The third-order valence-corrected chi connectivity index (χ3v) is 4.11. The average Bonchev–Trinajstić information content (AvgIpc) is 3.04. The van der Waals surface area contributed by atoms with Crippen LogP contribution in [-0.4, -0.2) is 27.8 Å². The maximum absolute atomic E-state index is 9.04. The molecule has 21 heavy (non-hydrogen) atoms. The first kappa shape index (κ1) is 15.5. The zero-order valence-corrected chi connectivity index (χ0v) is 12.8. The number of hydrogen-bond acceptors (Lipinski definition) is 5. The van der Waals surface area contributed by atoms with E-state index in [0.29, 0.717) is 24.0 Å². The van der Waals surface area contributed by atoms with E-state index < -0.39 is 0 Å². The molecule has 2 rings (SSSR count). The number of rotatable bonds is 6. The largest absolute Gasteiger partial charge is 0.476 e. The number of ether oxygens (including phenoxy) is 1. The van der Waals surface area contributed by atoms with Crippen molar-refractivity contribution in [3.63, 3.8) is 0 Å². The van der Waals surface area contributed by atoms with Crippen molar-refractivity contribution in [2.45, 2.75) is 52.4 Å². The fourth-order valence-corrected chi connectivity index (χ4v) is 2.94.